The molecule has 1 aliphatic carbocycles. The molecule has 2 aromatic rings. The van der Waals surface area contributed by atoms with E-state index in [1.54, 1.807) is 0 Å². The van der Waals surface area contributed by atoms with Crippen molar-refractivity contribution in [2.24, 2.45) is 11.8 Å². The van der Waals surface area contributed by atoms with Gasteiger partial charge in [0.2, 0.25) is 0 Å². The third kappa shape index (κ3) is 1.54. The van der Waals surface area contributed by atoms with Crippen LogP contribution in [0.2, 0.25) is 0 Å². The number of carboxylic acids is 1. The first-order chi connectivity index (χ1) is 9.75. The molecule has 6 heteroatoms. The Balaban J connectivity index is 1.81. The van der Waals surface area contributed by atoms with Gasteiger partial charge in [-0.05, 0) is 30.7 Å². The number of aromatic nitrogens is 3. The molecule has 1 saturated carbocycles. The van der Waals surface area contributed by atoms with E-state index in [0.717, 1.165) is 42.7 Å². The van der Waals surface area contributed by atoms with Crippen molar-refractivity contribution in [3.63, 3.8) is 0 Å². The van der Waals surface area contributed by atoms with Gasteiger partial charge in [0.05, 0.1) is 5.39 Å². The Morgan fingerprint density at radius 2 is 2.30 bits per heavy atom. The van der Waals surface area contributed by atoms with Gasteiger partial charge < -0.3 is 15.0 Å². The molecule has 6 nitrogen and oxygen atoms in total. The molecule has 1 saturated heterocycles. The minimum absolute atomic E-state index is 0.261. The highest BCUT2D eigenvalue weighted by atomic mass is 16.4. The zero-order valence-corrected chi connectivity index (χ0v) is 11.0. The Kier molecular flexibility index (Phi) is 2.45. The predicted molar refractivity (Wildman–Crippen MR) is 73.5 cm³/mol. The average molecular weight is 272 g/mol. The number of fused-ring (bicyclic) bond motifs is 2. The molecule has 4 rings (SSSR count). The van der Waals surface area contributed by atoms with Crippen molar-refractivity contribution in [3.8, 4) is 0 Å². The molecule has 20 heavy (non-hydrogen) atoms. The molecule has 104 valence electrons. The van der Waals surface area contributed by atoms with Crippen molar-refractivity contribution in [3.05, 3.63) is 18.6 Å². The number of H-pyrrole nitrogens is 1. The van der Waals surface area contributed by atoms with Crippen molar-refractivity contribution < 1.29 is 9.90 Å². The van der Waals surface area contributed by atoms with E-state index in [1.165, 1.54) is 6.33 Å². The van der Waals surface area contributed by atoms with Crippen molar-refractivity contribution in [1.82, 2.24) is 15.0 Å². The molecule has 2 fully saturated rings. The topological polar surface area (TPSA) is 82.1 Å². The van der Waals surface area contributed by atoms with E-state index >= 15 is 0 Å². The van der Waals surface area contributed by atoms with Crippen LogP contribution in [-0.2, 0) is 4.79 Å². The van der Waals surface area contributed by atoms with Crippen LogP contribution in [-0.4, -0.2) is 38.6 Å². The summed E-state index contributed by atoms with van der Waals surface area (Å²) in [6.07, 6.45) is 6.61. The predicted octanol–water partition coefficient (Wildman–Crippen LogP) is 1.65. The van der Waals surface area contributed by atoms with Crippen LogP contribution >= 0.6 is 0 Å². The lowest BCUT2D eigenvalue weighted by molar-refractivity contribution is -0.139. The molecule has 0 bridgehead atoms. The molecule has 3 atom stereocenters. The van der Waals surface area contributed by atoms with Crippen molar-refractivity contribution in [2.45, 2.75) is 25.3 Å². The summed E-state index contributed by atoms with van der Waals surface area (Å²) in [5.74, 6) is 0.760. The molecular formula is C14H16N4O2. The molecule has 0 unspecified atom stereocenters. The molecule has 0 amide bonds. The van der Waals surface area contributed by atoms with Crippen molar-refractivity contribution >= 4 is 22.8 Å². The second-order valence-electron chi connectivity index (χ2n) is 5.73. The Morgan fingerprint density at radius 1 is 1.40 bits per heavy atom. The normalized spacial score (nSPS) is 29.0. The average Bonchev–Trinajstić information content (AvgIpc) is 3.11. The summed E-state index contributed by atoms with van der Waals surface area (Å²) < 4.78 is 0. The Bertz CT molecular complexity index is 668. The SMILES string of the molecule is O=C(O)[C@@H]1[C@@H]2CCC[C@@H]2CN1c1ncnc2[nH]ccc12. The second-order valence-corrected chi connectivity index (χ2v) is 5.73. The quantitative estimate of drug-likeness (QED) is 0.868. The number of nitrogens with zero attached hydrogens (tertiary/aromatic N) is 3. The minimum Gasteiger partial charge on any atom is -0.480 e. The minimum atomic E-state index is -0.735. The highest BCUT2D eigenvalue weighted by Gasteiger charge is 2.48. The molecule has 2 aromatic heterocycles. The fourth-order valence-electron chi connectivity index (χ4n) is 3.93. The number of aliphatic carboxylic acids is 1. The first-order valence-corrected chi connectivity index (χ1v) is 7.03. The van der Waals surface area contributed by atoms with E-state index in [4.69, 9.17) is 0 Å². The van der Waals surface area contributed by atoms with Crippen LogP contribution in [0.25, 0.3) is 11.0 Å². The molecule has 0 radical (unpaired) electrons. The maximum absolute atomic E-state index is 11.7. The lowest BCUT2D eigenvalue weighted by Gasteiger charge is -2.25. The molecule has 2 N–H and O–H groups in total. The zero-order chi connectivity index (χ0) is 13.7. The van der Waals surface area contributed by atoms with Crippen LogP contribution < -0.4 is 4.90 Å². The number of carbonyl (C=O) groups is 1. The molecule has 0 aromatic carbocycles. The van der Waals surface area contributed by atoms with Crippen molar-refractivity contribution in [1.29, 1.82) is 0 Å². The van der Waals surface area contributed by atoms with E-state index in [2.05, 4.69) is 15.0 Å². The van der Waals surface area contributed by atoms with Gasteiger partial charge in [-0.15, -0.1) is 0 Å². The van der Waals surface area contributed by atoms with Gasteiger partial charge in [-0.25, -0.2) is 14.8 Å². The third-order valence-electron chi connectivity index (χ3n) is 4.75. The lowest BCUT2D eigenvalue weighted by Crippen LogP contribution is -2.40. The molecule has 2 aliphatic rings. The standard InChI is InChI=1S/C14H16N4O2/c19-14(20)11-9-3-1-2-8(9)6-18(11)13-10-4-5-15-12(10)16-7-17-13/h4-5,7-9,11H,1-3,6H2,(H,19,20)(H,15,16,17)/t8-,9-,11+/m1/s1. The van der Waals surface area contributed by atoms with E-state index in [1.807, 2.05) is 17.2 Å². The van der Waals surface area contributed by atoms with Gasteiger partial charge in [-0.1, -0.05) is 6.42 Å². The summed E-state index contributed by atoms with van der Waals surface area (Å²) >= 11 is 0. The van der Waals surface area contributed by atoms with E-state index in [-0.39, 0.29) is 5.92 Å². The number of carboxylic acid groups (broad SMARTS) is 1. The van der Waals surface area contributed by atoms with Crippen LogP contribution in [0.5, 0.6) is 0 Å². The number of hydrogen-bond acceptors (Lipinski definition) is 4. The largest absolute Gasteiger partial charge is 0.480 e. The van der Waals surface area contributed by atoms with Gasteiger partial charge in [0.25, 0.3) is 0 Å². The van der Waals surface area contributed by atoms with Gasteiger partial charge in [-0.2, -0.15) is 0 Å². The number of anilines is 1. The maximum atomic E-state index is 11.7. The van der Waals surface area contributed by atoms with Gasteiger partial charge in [0.1, 0.15) is 23.8 Å². The monoisotopic (exact) mass is 272 g/mol. The Labute approximate surface area is 115 Å². The summed E-state index contributed by atoms with van der Waals surface area (Å²) in [4.78, 5) is 25.3. The summed E-state index contributed by atoms with van der Waals surface area (Å²) in [5, 5.41) is 10.5. The van der Waals surface area contributed by atoms with Gasteiger partial charge in [0.15, 0.2) is 0 Å². The van der Waals surface area contributed by atoms with Crippen LogP contribution in [0.3, 0.4) is 0 Å². The van der Waals surface area contributed by atoms with Crippen LogP contribution in [0.1, 0.15) is 19.3 Å². The fourth-order valence-corrected chi connectivity index (χ4v) is 3.93. The van der Waals surface area contributed by atoms with Gasteiger partial charge in [-0.3, -0.25) is 0 Å². The summed E-state index contributed by atoms with van der Waals surface area (Å²) in [5.41, 5.74) is 0.760. The highest BCUT2D eigenvalue weighted by Crippen LogP contribution is 2.44. The molecule has 3 heterocycles. The Morgan fingerprint density at radius 3 is 3.15 bits per heavy atom. The van der Waals surface area contributed by atoms with Crippen LogP contribution in [0.15, 0.2) is 18.6 Å². The van der Waals surface area contributed by atoms with E-state index in [9.17, 15) is 9.90 Å². The van der Waals surface area contributed by atoms with Crippen molar-refractivity contribution in [2.75, 3.05) is 11.4 Å². The van der Waals surface area contributed by atoms with Gasteiger partial charge in [0, 0.05) is 12.7 Å². The molecule has 0 spiro atoms. The van der Waals surface area contributed by atoms with Crippen LogP contribution in [0, 0.1) is 11.8 Å². The number of nitrogens with one attached hydrogen (secondary N) is 1. The van der Waals surface area contributed by atoms with E-state index < -0.39 is 12.0 Å². The zero-order valence-electron chi connectivity index (χ0n) is 11.0. The summed E-state index contributed by atoms with van der Waals surface area (Å²) in [6.45, 7) is 0.791. The van der Waals surface area contributed by atoms with Crippen LogP contribution in [0.4, 0.5) is 5.82 Å². The first kappa shape index (κ1) is 11.7. The maximum Gasteiger partial charge on any atom is 0.326 e. The fraction of sp³-hybridized carbons (Fsp3) is 0.500. The molecule has 1 aliphatic heterocycles. The first-order valence-electron chi connectivity index (χ1n) is 7.03. The number of rotatable bonds is 2. The smallest absolute Gasteiger partial charge is 0.326 e. The number of aromatic amines is 1. The second kappa shape index (κ2) is 4.19. The van der Waals surface area contributed by atoms with E-state index in [0.29, 0.717) is 5.92 Å². The Hall–Kier alpha value is -2.11. The lowest BCUT2D eigenvalue weighted by atomic mass is 9.94. The molecular weight excluding hydrogens is 256 g/mol. The van der Waals surface area contributed by atoms with Gasteiger partial charge >= 0.3 is 5.97 Å². The summed E-state index contributed by atoms with van der Waals surface area (Å²) in [6, 6.07) is 1.47. The highest BCUT2D eigenvalue weighted by molar-refractivity contribution is 5.90. The number of hydrogen-bond donors (Lipinski definition) is 2. The third-order valence-corrected chi connectivity index (χ3v) is 4.75. The summed E-state index contributed by atoms with van der Waals surface area (Å²) in [7, 11) is 0.